The SMILES string of the molecule is CCCOc1ccc(C(=O)OC)c(F)c1. The molecule has 82 valence electrons. The van der Waals surface area contributed by atoms with Crippen molar-refractivity contribution >= 4 is 5.97 Å². The molecule has 1 aromatic carbocycles. The number of carbonyl (C=O) groups excluding carboxylic acids is 1. The summed E-state index contributed by atoms with van der Waals surface area (Å²) < 4.78 is 23.0. The van der Waals surface area contributed by atoms with Crippen molar-refractivity contribution in [2.75, 3.05) is 13.7 Å². The Balaban J connectivity index is 2.83. The van der Waals surface area contributed by atoms with Crippen LogP contribution in [0.25, 0.3) is 0 Å². The molecule has 0 N–H and O–H groups in total. The first-order valence-corrected chi connectivity index (χ1v) is 4.69. The number of hydrogen-bond acceptors (Lipinski definition) is 3. The Bertz CT molecular complexity index is 350. The van der Waals surface area contributed by atoms with Gasteiger partial charge in [0.2, 0.25) is 0 Å². The fourth-order valence-corrected chi connectivity index (χ4v) is 1.08. The second-order valence-corrected chi connectivity index (χ2v) is 2.98. The van der Waals surface area contributed by atoms with Gasteiger partial charge in [0.05, 0.1) is 19.3 Å². The number of benzene rings is 1. The van der Waals surface area contributed by atoms with Gasteiger partial charge in [-0.2, -0.15) is 0 Å². The highest BCUT2D eigenvalue weighted by Crippen LogP contribution is 2.17. The molecule has 0 heterocycles. The second kappa shape index (κ2) is 5.34. The first-order chi connectivity index (χ1) is 7.19. The molecule has 1 aromatic rings. The zero-order valence-electron chi connectivity index (χ0n) is 8.75. The lowest BCUT2D eigenvalue weighted by atomic mass is 10.2. The van der Waals surface area contributed by atoms with Crippen LogP contribution in [0.3, 0.4) is 0 Å². The monoisotopic (exact) mass is 212 g/mol. The maximum Gasteiger partial charge on any atom is 0.340 e. The van der Waals surface area contributed by atoms with Crippen molar-refractivity contribution in [1.29, 1.82) is 0 Å². The molecule has 0 saturated carbocycles. The molecule has 0 atom stereocenters. The van der Waals surface area contributed by atoms with E-state index in [0.29, 0.717) is 12.4 Å². The van der Waals surface area contributed by atoms with Gasteiger partial charge < -0.3 is 9.47 Å². The standard InChI is InChI=1S/C11H13FO3/c1-3-6-15-8-4-5-9(10(12)7-8)11(13)14-2/h4-5,7H,3,6H2,1-2H3. The van der Waals surface area contributed by atoms with Crippen LogP contribution in [0.4, 0.5) is 4.39 Å². The van der Waals surface area contributed by atoms with E-state index in [9.17, 15) is 9.18 Å². The van der Waals surface area contributed by atoms with E-state index in [1.807, 2.05) is 6.92 Å². The number of carbonyl (C=O) groups is 1. The Hall–Kier alpha value is -1.58. The molecule has 0 fully saturated rings. The van der Waals surface area contributed by atoms with Crippen molar-refractivity contribution in [3.8, 4) is 5.75 Å². The van der Waals surface area contributed by atoms with Crippen LogP contribution in [0.1, 0.15) is 23.7 Å². The molecule has 4 heteroatoms. The van der Waals surface area contributed by atoms with Gasteiger partial charge in [0.1, 0.15) is 11.6 Å². The normalized spacial score (nSPS) is 9.80. The Kier molecular flexibility index (Phi) is 4.09. The summed E-state index contributed by atoms with van der Waals surface area (Å²) in [6.45, 7) is 2.48. The third-order valence-electron chi connectivity index (χ3n) is 1.82. The summed E-state index contributed by atoms with van der Waals surface area (Å²) in [6, 6.07) is 4.08. The summed E-state index contributed by atoms with van der Waals surface area (Å²) in [5, 5.41) is 0. The smallest absolute Gasteiger partial charge is 0.340 e. The van der Waals surface area contributed by atoms with Gasteiger partial charge in [-0.1, -0.05) is 6.92 Å². The lowest BCUT2D eigenvalue weighted by Gasteiger charge is -2.06. The summed E-state index contributed by atoms with van der Waals surface area (Å²) in [5.74, 6) is -0.896. The van der Waals surface area contributed by atoms with E-state index in [1.54, 1.807) is 6.07 Å². The van der Waals surface area contributed by atoms with E-state index in [4.69, 9.17) is 4.74 Å². The molecule has 0 aliphatic carbocycles. The number of esters is 1. The molecule has 3 nitrogen and oxygen atoms in total. The van der Waals surface area contributed by atoms with Gasteiger partial charge in [-0.3, -0.25) is 0 Å². The Morgan fingerprint density at radius 2 is 2.20 bits per heavy atom. The molecule has 0 unspecified atom stereocenters. The van der Waals surface area contributed by atoms with E-state index in [2.05, 4.69) is 4.74 Å². The second-order valence-electron chi connectivity index (χ2n) is 2.98. The third-order valence-corrected chi connectivity index (χ3v) is 1.82. The van der Waals surface area contributed by atoms with Gasteiger partial charge in [0.15, 0.2) is 0 Å². The Morgan fingerprint density at radius 1 is 1.47 bits per heavy atom. The lowest BCUT2D eigenvalue weighted by Crippen LogP contribution is -2.05. The van der Waals surface area contributed by atoms with Crippen LogP contribution in [0, 0.1) is 5.82 Å². The van der Waals surface area contributed by atoms with E-state index in [1.165, 1.54) is 19.2 Å². The van der Waals surface area contributed by atoms with Crippen molar-refractivity contribution in [3.63, 3.8) is 0 Å². The van der Waals surface area contributed by atoms with Crippen LogP contribution < -0.4 is 4.74 Å². The highest BCUT2D eigenvalue weighted by Gasteiger charge is 2.12. The summed E-state index contributed by atoms with van der Waals surface area (Å²) >= 11 is 0. The number of ether oxygens (including phenoxy) is 2. The first-order valence-electron chi connectivity index (χ1n) is 4.69. The van der Waals surface area contributed by atoms with Crippen LogP contribution in [0.2, 0.25) is 0 Å². The molecule has 0 saturated heterocycles. The molecule has 0 spiro atoms. The van der Waals surface area contributed by atoms with Crippen LogP contribution in [-0.2, 0) is 4.74 Å². The number of methoxy groups -OCH3 is 1. The number of halogens is 1. The molecule has 15 heavy (non-hydrogen) atoms. The highest BCUT2D eigenvalue weighted by molar-refractivity contribution is 5.89. The molecule has 0 bridgehead atoms. The molecule has 0 aliphatic heterocycles. The average molecular weight is 212 g/mol. The van der Waals surface area contributed by atoms with Gasteiger partial charge in [-0.05, 0) is 18.6 Å². The molecule has 0 aliphatic rings. The fourth-order valence-electron chi connectivity index (χ4n) is 1.08. The maximum absolute atomic E-state index is 13.3. The van der Waals surface area contributed by atoms with Gasteiger partial charge in [0.25, 0.3) is 0 Å². The first kappa shape index (κ1) is 11.5. The van der Waals surface area contributed by atoms with Crippen molar-refractivity contribution in [2.45, 2.75) is 13.3 Å². The quantitative estimate of drug-likeness (QED) is 0.719. The predicted octanol–water partition coefficient (Wildman–Crippen LogP) is 2.40. The lowest BCUT2D eigenvalue weighted by molar-refractivity contribution is 0.0595. The minimum Gasteiger partial charge on any atom is -0.494 e. The van der Waals surface area contributed by atoms with Crippen molar-refractivity contribution < 1.29 is 18.7 Å². The molecular formula is C11H13FO3. The zero-order valence-corrected chi connectivity index (χ0v) is 8.75. The van der Waals surface area contributed by atoms with Crippen LogP contribution >= 0.6 is 0 Å². The van der Waals surface area contributed by atoms with Gasteiger partial charge in [-0.15, -0.1) is 0 Å². The van der Waals surface area contributed by atoms with E-state index < -0.39 is 11.8 Å². The average Bonchev–Trinajstić information content (AvgIpc) is 2.25. The summed E-state index contributed by atoms with van der Waals surface area (Å²) in [5.41, 5.74) is -0.0821. The molecule has 0 radical (unpaired) electrons. The van der Waals surface area contributed by atoms with Gasteiger partial charge in [-0.25, -0.2) is 9.18 Å². The molecule has 1 rings (SSSR count). The van der Waals surface area contributed by atoms with Crippen LogP contribution in [0.15, 0.2) is 18.2 Å². The minimum atomic E-state index is -0.686. The minimum absolute atomic E-state index is 0.0821. The number of hydrogen-bond donors (Lipinski definition) is 0. The van der Waals surface area contributed by atoms with E-state index in [0.717, 1.165) is 6.42 Å². The number of rotatable bonds is 4. The largest absolute Gasteiger partial charge is 0.494 e. The molecule has 0 amide bonds. The maximum atomic E-state index is 13.3. The summed E-state index contributed by atoms with van der Waals surface area (Å²) in [6.07, 6.45) is 0.848. The van der Waals surface area contributed by atoms with Crippen LogP contribution in [-0.4, -0.2) is 19.7 Å². The third kappa shape index (κ3) is 2.94. The van der Waals surface area contributed by atoms with Crippen molar-refractivity contribution in [1.82, 2.24) is 0 Å². The summed E-state index contributed by atoms with van der Waals surface area (Å²) in [7, 11) is 1.21. The van der Waals surface area contributed by atoms with Gasteiger partial charge >= 0.3 is 5.97 Å². The van der Waals surface area contributed by atoms with E-state index in [-0.39, 0.29) is 5.56 Å². The topological polar surface area (TPSA) is 35.5 Å². The van der Waals surface area contributed by atoms with Crippen molar-refractivity contribution in [2.24, 2.45) is 0 Å². The Morgan fingerprint density at radius 3 is 2.73 bits per heavy atom. The summed E-state index contributed by atoms with van der Waals surface area (Å²) in [4.78, 5) is 11.1. The fraction of sp³-hybridized carbons (Fsp3) is 0.364. The highest BCUT2D eigenvalue weighted by atomic mass is 19.1. The predicted molar refractivity (Wildman–Crippen MR) is 53.5 cm³/mol. The van der Waals surface area contributed by atoms with Crippen LogP contribution in [0.5, 0.6) is 5.75 Å². The molecular weight excluding hydrogens is 199 g/mol. The van der Waals surface area contributed by atoms with Crippen molar-refractivity contribution in [3.05, 3.63) is 29.6 Å². The Labute approximate surface area is 87.8 Å². The molecule has 0 aromatic heterocycles. The van der Waals surface area contributed by atoms with E-state index >= 15 is 0 Å². The van der Waals surface area contributed by atoms with Gasteiger partial charge in [0, 0.05) is 6.07 Å². The zero-order chi connectivity index (χ0) is 11.3.